The summed E-state index contributed by atoms with van der Waals surface area (Å²) in [6, 6.07) is 3.85. The van der Waals surface area contributed by atoms with Crippen molar-refractivity contribution in [3.63, 3.8) is 0 Å². The van der Waals surface area contributed by atoms with Crippen molar-refractivity contribution in [2.24, 2.45) is 0 Å². The minimum atomic E-state index is 0.822. The molecule has 0 bridgehead atoms. The molecule has 0 fully saturated rings. The lowest BCUT2D eigenvalue weighted by Gasteiger charge is -1.96. The molecule has 3 heteroatoms. The van der Waals surface area contributed by atoms with E-state index in [-0.39, 0.29) is 0 Å². The predicted octanol–water partition coefficient (Wildman–Crippen LogP) is 1.92. The van der Waals surface area contributed by atoms with E-state index in [0.717, 1.165) is 15.8 Å². The number of nitrogens with zero attached hydrogens (tertiary/aromatic N) is 2. The van der Waals surface area contributed by atoms with Crippen LogP contribution in [0.15, 0.2) is 35.6 Å². The van der Waals surface area contributed by atoms with Gasteiger partial charge in [0.1, 0.15) is 0 Å². The Morgan fingerprint density at radius 3 is 3.00 bits per heavy atom. The number of hydrogen-bond donors (Lipinski definition) is 1. The van der Waals surface area contributed by atoms with Gasteiger partial charge in [-0.25, -0.2) is 0 Å². The molecule has 0 amide bonds. The molecule has 2 heterocycles. The van der Waals surface area contributed by atoms with Gasteiger partial charge in [0.25, 0.3) is 0 Å². The van der Waals surface area contributed by atoms with Gasteiger partial charge in [0.2, 0.25) is 0 Å². The summed E-state index contributed by atoms with van der Waals surface area (Å²) in [6.07, 6.45) is 5.22. The van der Waals surface area contributed by atoms with E-state index in [4.69, 9.17) is 0 Å². The first-order valence-electron chi connectivity index (χ1n) is 3.25. The molecule has 0 spiro atoms. The van der Waals surface area contributed by atoms with Gasteiger partial charge in [0.05, 0.1) is 5.52 Å². The summed E-state index contributed by atoms with van der Waals surface area (Å²) in [5, 5.41) is 1.03. The van der Waals surface area contributed by atoms with E-state index in [2.05, 4.69) is 22.6 Å². The molecule has 2 aromatic heterocycles. The molecule has 0 aromatic carbocycles. The van der Waals surface area contributed by atoms with Gasteiger partial charge in [0.15, 0.2) is 0 Å². The normalized spacial score (nSPS) is 10.3. The molecule has 2 aromatic rings. The summed E-state index contributed by atoms with van der Waals surface area (Å²) in [7, 11) is 0. The third-order valence-corrected chi connectivity index (χ3v) is 1.82. The average Bonchev–Trinajstić information content (AvgIpc) is 2.06. The van der Waals surface area contributed by atoms with Gasteiger partial charge in [-0.1, -0.05) is 0 Å². The Morgan fingerprint density at radius 1 is 1.27 bits per heavy atom. The average molecular weight is 162 g/mol. The van der Waals surface area contributed by atoms with Crippen LogP contribution in [0.5, 0.6) is 0 Å². The molecule has 0 aliphatic rings. The van der Waals surface area contributed by atoms with Crippen molar-refractivity contribution in [1.29, 1.82) is 0 Å². The van der Waals surface area contributed by atoms with Gasteiger partial charge in [-0.15, -0.1) is 12.6 Å². The molecule has 0 atom stereocenters. The lowest BCUT2D eigenvalue weighted by molar-refractivity contribution is 1.25. The second-order valence-electron chi connectivity index (χ2n) is 2.23. The minimum Gasteiger partial charge on any atom is -0.263 e. The van der Waals surface area contributed by atoms with Crippen molar-refractivity contribution >= 4 is 23.5 Å². The van der Waals surface area contributed by atoms with Gasteiger partial charge in [-0.3, -0.25) is 9.97 Å². The number of aromatic nitrogens is 2. The Kier molecular flexibility index (Phi) is 1.51. The quantitative estimate of drug-likeness (QED) is 0.599. The molecule has 11 heavy (non-hydrogen) atoms. The SMILES string of the molecule is Sc1cncc2cccnc12. The van der Waals surface area contributed by atoms with Crippen molar-refractivity contribution in [3.8, 4) is 0 Å². The topological polar surface area (TPSA) is 25.8 Å². The van der Waals surface area contributed by atoms with Crippen LogP contribution < -0.4 is 0 Å². The molecule has 0 aliphatic carbocycles. The lowest BCUT2D eigenvalue weighted by Crippen LogP contribution is -1.80. The maximum Gasteiger partial charge on any atom is 0.0866 e. The van der Waals surface area contributed by atoms with Crippen LogP contribution in [0.3, 0.4) is 0 Å². The summed E-state index contributed by atoms with van der Waals surface area (Å²) in [5.41, 5.74) is 0.908. The van der Waals surface area contributed by atoms with Crippen molar-refractivity contribution in [1.82, 2.24) is 9.97 Å². The van der Waals surface area contributed by atoms with Crippen LogP contribution in [0.1, 0.15) is 0 Å². The third kappa shape index (κ3) is 1.07. The molecular weight excluding hydrogens is 156 g/mol. The first kappa shape index (κ1) is 6.61. The van der Waals surface area contributed by atoms with Gasteiger partial charge in [-0.05, 0) is 12.1 Å². The molecule has 2 nitrogen and oxygen atoms in total. The fourth-order valence-electron chi connectivity index (χ4n) is 0.985. The predicted molar refractivity (Wildman–Crippen MR) is 46.8 cm³/mol. The number of pyridine rings is 2. The second-order valence-corrected chi connectivity index (χ2v) is 2.72. The summed E-state index contributed by atoms with van der Waals surface area (Å²) < 4.78 is 0. The third-order valence-electron chi connectivity index (χ3n) is 1.49. The first-order chi connectivity index (χ1) is 5.38. The highest BCUT2D eigenvalue weighted by molar-refractivity contribution is 7.80. The fourth-order valence-corrected chi connectivity index (χ4v) is 1.24. The summed E-state index contributed by atoms with van der Waals surface area (Å²) >= 11 is 4.23. The number of hydrogen-bond acceptors (Lipinski definition) is 3. The maximum absolute atomic E-state index is 4.23. The van der Waals surface area contributed by atoms with E-state index >= 15 is 0 Å². The first-order valence-corrected chi connectivity index (χ1v) is 3.70. The Balaban J connectivity index is 2.91. The zero-order chi connectivity index (χ0) is 7.68. The molecule has 2 rings (SSSR count). The Labute approximate surface area is 69.7 Å². The number of thiol groups is 1. The highest BCUT2D eigenvalue weighted by Crippen LogP contribution is 2.16. The van der Waals surface area contributed by atoms with Crippen LogP contribution in [0.25, 0.3) is 10.9 Å². The zero-order valence-corrected chi connectivity index (χ0v) is 6.62. The van der Waals surface area contributed by atoms with Crippen molar-refractivity contribution in [2.75, 3.05) is 0 Å². The Bertz CT molecular complexity index is 381. The molecule has 0 radical (unpaired) electrons. The van der Waals surface area contributed by atoms with E-state index in [0.29, 0.717) is 0 Å². The largest absolute Gasteiger partial charge is 0.263 e. The van der Waals surface area contributed by atoms with Crippen molar-refractivity contribution < 1.29 is 0 Å². The Morgan fingerprint density at radius 2 is 2.18 bits per heavy atom. The summed E-state index contributed by atoms with van der Waals surface area (Å²) in [4.78, 5) is 8.98. The van der Waals surface area contributed by atoms with E-state index in [9.17, 15) is 0 Å². The van der Waals surface area contributed by atoms with Gasteiger partial charge >= 0.3 is 0 Å². The highest BCUT2D eigenvalue weighted by Gasteiger charge is 1.95. The van der Waals surface area contributed by atoms with Crippen LogP contribution in [-0.4, -0.2) is 9.97 Å². The van der Waals surface area contributed by atoms with Gasteiger partial charge in [0, 0.05) is 28.9 Å². The zero-order valence-electron chi connectivity index (χ0n) is 5.73. The molecule has 0 saturated heterocycles. The Hall–Kier alpha value is -1.09. The van der Waals surface area contributed by atoms with Gasteiger partial charge < -0.3 is 0 Å². The van der Waals surface area contributed by atoms with Crippen LogP contribution in [0.4, 0.5) is 0 Å². The summed E-state index contributed by atoms with van der Waals surface area (Å²) in [5.74, 6) is 0. The van der Waals surface area contributed by atoms with Gasteiger partial charge in [-0.2, -0.15) is 0 Å². The molecule has 0 aliphatic heterocycles. The fraction of sp³-hybridized carbons (Fsp3) is 0. The molecule has 54 valence electrons. The minimum absolute atomic E-state index is 0.822. The van der Waals surface area contributed by atoms with Crippen molar-refractivity contribution in [2.45, 2.75) is 4.90 Å². The molecule has 0 saturated carbocycles. The number of fused-ring (bicyclic) bond motifs is 1. The molecule has 0 N–H and O–H groups in total. The van der Waals surface area contributed by atoms with Crippen LogP contribution in [0, 0.1) is 0 Å². The van der Waals surface area contributed by atoms with E-state index in [1.807, 2.05) is 12.1 Å². The van der Waals surface area contributed by atoms with Crippen LogP contribution in [0.2, 0.25) is 0 Å². The summed E-state index contributed by atoms with van der Waals surface area (Å²) in [6.45, 7) is 0. The van der Waals surface area contributed by atoms with E-state index < -0.39 is 0 Å². The standard InChI is InChI=1S/C8H6N2S/c11-7-5-9-4-6-2-1-3-10-8(6)7/h1-5,11H. The molecule has 0 unspecified atom stereocenters. The highest BCUT2D eigenvalue weighted by atomic mass is 32.1. The van der Waals surface area contributed by atoms with Crippen LogP contribution in [-0.2, 0) is 0 Å². The second kappa shape index (κ2) is 2.51. The van der Waals surface area contributed by atoms with E-state index in [1.54, 1.807) is 18.6 Å². The number of rotatable bonds is 0. The maximum atomic E-state index is 4.23. The monoisotopic (exact) mass is 162 g/mol. The molecular formula is C8H6N2S. The van der Waals surface area contributed by atoms with Crippen LogP contribution >= 0.6 is 12.6 Å². The smallest absolute Gasteiger partial charge is 0.0866 e. The lowest BCUT2D eigenvalue weighted by atomic mass is 10.3. The van der Waals surface area contributed by atoms with Crippen molar-refractivity contribution in [3.05, 3.63) is 30.7 Å². The van der Waals surface area contributed by atoms with E-state index in [1.165, 1.54) is 0 Å².